The van der Waals surface area contributed by atoms with Crippen molar-refractivity contribution in [1.29, 1.82) is 0 Å². The lowest BCUT2D eigenvalue weighted by atomic mass is 9.84. The van der Waals surface area contributed by atoms with Crippen LogP contribution >= 0.6 is 11.6 Å². The highest BCUT2D eigenvalue weighted by molar-refractivity contribution is 6.30. The van der Waals surface area contributed by atoms with Crippen LogP contribution < -0.4 is 4.74 Å². The summed E-state index contributed by atoms with van der Waals surface area (Å²) in [5.41, 5.74) is 2.52. The summed E-state index contributed by atoms with van der Waals surface area (Å²) in [6, 6.07) is 18.7. The van der Waals surface area contributed by atoms with E-state index in [1.807, 2.05) is 42.5 Å². The number of ether oxygens (including phenoxy) is 2. The smallest absolute Gasteiger partial charge is 0.125 e. The van der Waals surface area contributed by atoms with Crippen LogP contribution in [0.2, 0.25) is 5.02 Å². The number of rotatable bonds is 3. The molecule has 172 valence electrons. The first-order chi connectivity index (χ1) is 15.9. The zero-order valence-electron chi connectivity index (χ0n) is 18.4. The molecule has 2 aliphatic heterocycles. The van der Waals surface area contributed by atoms with Crippen LogP contribution in [0, 0.1) is 11.6 Å². The molecule has 0 bridgehead atoms. The molecule has 1 saturated heterocycles. The molecule has 0 saturated carbocycles. The summed E-state index contributed by atoms with van der Waals surface area (Å²) >= 11 is 6.17. The lowest BCUT2D eigenvalue weighted by molar-refractivity contribution is -0.138. The van der Waals surface area contributed by atoms with Crippen molar-refractivity contribution in [2.75, 3.05) is 13.1 Å². The minimum atomic E-state index is -0.405. The second-order valence-corrected chi connectivity index (χ2v) is 9.34. The van der Waals surface area contributed by atoms with E-state index >= 15 is 0 Å². The molecule has 0 N–H and O–H groups in total. The van der Waals surface area contributed by atoms with E-state index in [2.05, 4.69) is 11.8 Å². The Hall–Kier alpha value is -2.47. The molecule has 1 atom stereocenters. The number of hydrogen-bond donors (Lipinski definition) is 0. The molecule has 3 aromatic carbocycles. The Morgan fingerprint density at radius 3 is 2.06 bits per heavy atom. The molecular formula is C27H26ClF2NO2. The van der Waals surface area contributed by atoms with Crippen LogP contribution in [0.15, 0.2) is 66.7 Å². The van der Waals surface area contributed by atoms with Gasteiger partial charge in [0, 0.05) is 23.7 Å². The SMILES string of the molecule is CC1Oc2ccc(Cl)cc2COC12CCN(C(c1ccc(F)cc1)c1ccc(F)cc1)CC2. The van der Waals surface area contributed by atoms with Gasteiger partial charge in [-0.1, -0.05) is 35.9 Å². The fourth-order valence-electron chi connectivity index (χ4n) is 5.03. The van der Waals surface area contributed by atoms with E-state index in [-0.39, 0.29) is 23.8 Å². The summed E-state index contributed by atoms with van der Waals surface area (Å²) in [5, 5.41) is 0.667. The van der Waals surface area contributed by atoms with Gasteiger partial charge in [-0.3, -0.25) is 4.90 Å². The fourth-order valence-corrected chi connectivity index (χ4v) is 5.22. The molecule has 2 heterocycles. The maximum Gasteiger partial charge on any atom is 0.125 e. The highest BCUT2D eigenvalue weighted by Crippen LogP contribution is 2.41. The van der Waals surface area contributed by atoms with Gasteiger partial charge in [0.05, 0.1) is 12.6 Å². The normalized spacial score (nSPS) is 20.3. The average molecular weight is 470 g/mol. The second-order valence-electron chi connectivity index (χ2n) is 8.91. The van der Waals surface area contributed by atoms with Crippen LogP contribution in [-0.2, 0) is 11.3 Å². The third kappa shape index (κ3) is 4.50. The summed E-state index contributed by atoms with van der Waals surface area (Å²) in [4.78, 5) is 2.36. The fraction of sp³-hybridized carbons (Fsp3) is 0.333. The molecule has 6 heteroatoms. The Morgan fingerprint density at radius 1 is 0.909 bits per heavy atom. The van der Waals surface area contributed by atoms with Crippen molar-refractivity contribution < 1.29 is 18.3 Å². The van der Waals surface area contributed by atoms with Gasteiger partial charge in [0.25, 0.3) is 0 Å². The van der Waals surface area contributed by atoms with E-state index in [4.69, 9.17) is 21.1 Å². The van der Waals surface area contributed by atoms with Crippen molar-refractivity contribution in [3.8, 4) is 5.75 Å². The predicted molar refractivity (Wildman–Crippen MR) is 125 cm³/mol. The van der Waals surface area contributed by atoms with E-state index in [9.17, 15) is 8.78 Å². The topological polar surface area (TPSA) is 21.7 Å². The van der Waals surface area contributed by atoms with Crippen molar-refractivity contribution in [1.82, 2.24) is 4.90 Å². The summed E-state index contributed by atoms with van der Waals surface area (Å²) in [5.74, 6) is 0.278. The number of hydrogen-bond acceptors (Lipinski definition) is 3. The Balaban J connectivity index is 1.38. The molecule has 1 unspecified atom stereocenters. The van der Waals surface area contributed by atoms with E-state index in [0.717, 1.165) is 48.4 Å². The second kappa shape index (κ2) is 9.05. The molecule has 0 radical (unpaired) electrons. The Kier molecular flexibility index (Phi) is 6.12. The standard InChI is InChI=1S/C27H26ClF2NO2/c1-18-27(32-17-21-16-22(28)6-11-25(21)33-18)12-14-31(15-13-27)26(19-2-7-23(29)8-3-19)20-4-9-24(30)10-5-20/h2-11,16,18,26H,12-15,17H2,1H3. The molecule has 1 spiro atoms. The van der Waals surface area contributed by atoms with Crippen molar-refractivity contribution in [2.45, 2.75) is 44.1 Å². The third-order valence-electron chi connectivity index (χ3n) is 6.96. The van der Waals surface area contributed by atoms with E-state index in [1.54, 1.807) is 0 Å². The molecule has 33 heavy (non-hydrogen) atoms. The molecule has 0 amide bonds. The van der Waals surface area contributed by atoms with Crippen molar-refractivity contribution in [2.24, 2.45) is 0 Å². The summed E-state index contributed by atoms with van der Waals surface area (Å²) < 4.78 is 40.0. The number of halogens is 3. The van der Waals surface area contributed by atoms with Crippen molar-refractivity contribution in [3.05, 3.63) is 100 Å². The average Bonchev–Trinajstić information content (AvgIpc) is 2.94. The van der Waals surface area contributed by atoms with E-state index in [0.29, 0.717) is 11.6 Å². The number of fused-ring (bicyclic) bond motifs is 1. The Labute approximate surface area is 197 Å². The number of piperidine rings is 1. The first kappa shape index (κ1) is 22.3. The molecular weight excluding hydrogens is 444 g/mol. The van der Waals surface area contributed by atoms with E-state index in [1.165, 1.54) is 24.3 Å². The molecule has 2 aliphatic rings. The monoisotopic (exact) mass is 469 g/mol. The van der Waals surface area contributed by atoms with Crippen LogP contribution in [0.4, 0.5) is 8.78 Å². The minimum Gasteiger partial charge on any atom is -0.487 e. The molecule has 3 aromatic rings. The maximum atomic E-state index is 13.6. The van der Waals surface area contributed by atoms with Gasteiger partial charge < -0.3 is 9.47 Å². The zero-order valence-corrected chi connectivity index (χ0v) is 19.2. The minimum absolute atomic E-state index is 0.0958. The molecule has 1 fully saturated rings. The highest BCUT2D eigenvalue weighted by Gasteiger charge is 2.45. The largest absolute Gasteiger partial charge is 0.487 e. The van der Waals surface area contributed by atoms with Crippen molar-refractivity contribution in [3.63, 3.8) is 0 Å². The number of likely N-dealkylation sites (tertiary alicyclic amines) is 1. The summed E-state index contributed by atoms with van der Waals surface area (Å²) in [7, 11) is 0. The van der Waals surface area contributed by atoms with Crippen LogP contribution in [0.1, 0.15) is 42.5 Å². The van der Waals surface area contributed by atoms with Gasteiger partial charge >= 0.3 is 0 Å². The van der Waals surface area contributed by atoms with Gasteiger partial charge in [0.15, 0.2) is 0 Å². The molecule has 0 aliphatic carbocycles. The first-order valence-electron chi connectivity index (χ1n) is 11.3. The van der Waals surface area contributed by atoms with E-state index < -0.39 is 5.60 Å². The third-order valence-corrected chi connectivity index (χ3v) is 7.20. The quantitative estimate of drug-likeness (QED) is 0.434. The van der Waals surface area contributed by atoms with Crippen molar-refractivity contribution >= 4 is 11.6 Å². The highest BCUT2D eigenvalue weighted by atomic mass is 35.5. The van der Waals surface area contributed by atoms with Crippen LogP contribution in [0.5, 0.6) is 5.75 Å². The maximum absolute atomic E-state index is 13.6. The van der Waals surface area contributed by atoms with Gasteiger partial charge in [0.2, 0.25) is 0 Å². The number of benzene rings is 3. The van der Waals surface area contributed by atoms with Crippen LogP contribution in [0.3, 0.4) is 0 Å². The first-order valence-corrected chi connectivity index (χ1v) is 11.7. The zero-order chi connectivity index (χ0) is 23.0. The molecule has 3 nitrogen and oxygen atoms in total. The predicted octanol–water partition coefficient (Wildman–Crippen LogP) is 6.54. The van der Waals surface area contributed by atoms with Gasteiger partial charge in [-0.2, -0.15) is 0 Å². The van der Waals surface area contributed by atoms with Gasteiger partial charge in [-0.25, -0.2) is 8.78 Å². The van der Waals surface area contributed by atoms with Gasteiger partial charge in [0.1, 0.15) is 29.1 Å². The van der Waals surface area contributed by atoms with Crippen LogP contribution in [-0.4, -0.2) is 29.7 Å². The summed E-state index contributed by atoms with van der Waals surface area (Å²) in [6.07, 6.45) is 1.46. The summed E-state index contributed by atoms with van der Waals surface area (Å²) in [6.45, 7) is 4.06. The Morgan fingerprint density at radius 2 is 1.48 bits per heavy atom. The Bertz CT molecular complexity index is 1070. The van der Waals surface area contributed by atoms with Crippen LogP contribution in [0.25, 0.3) is 0 Å². The lowest BCUT2D eigenvalue weighted by Gasteiger charge is -2.46. The lowest BCUT2D eigenvalue weighted by Crippen LogP contribution is -2.54. The number of nitrogens with zero attached hydrogens (tertiary/aromatic N) is 1. The van der Waals surface area contributed by atoms with Gasteiger partial charge in [-0.15, -0.1) is 0 Å². The molecule has 0 aromatic heterocycles. The molecule has 5 rings (SSSR count). The van der Waals surface area contributed by atoms with Gasteiger partial charge in [-0.05, 0) is 73.4 Å².